The SMILES string of the molecule is CC(C)S(=O)Nc1cccc(Cl)c1O. The molecule has 0 spiro atoms. The van der Waals surface area contributed by atoms with Crippen LogP contribution < -0.4 is 4.72 Å². The van der Waals surface area contributed by atoms with E-state index in [1.54, 1.807) is 18.2 Å². The molecule has 1 unspecified atom stereocenters. The van der Waals surface area contributed by atoms with E-state index in [2.05, 4.69) is 4.72 Å². The van der Waals surface area contributed by atoms with Gasteiger partial charge in [0.05, 0.1) is 10.7 Å². The smallest absolute Gasteiger partial charge is 0.158 e. The second kappa shape index (κ2) is 4.66. The van der Waals surface area contributed by atoms with E-state index in [0.29, 0.717) is 5.69 Å². The highest BCUT2D eigenvalue weighted by Gasteiger charge is 2.09. The second-order valence-corrected chi connectivity index (χ2v) is 5.23. The Kier molecular flexibility index (Phi) is 3.77. The molecule has 14 heavy (non-hydrogen) atoms. The van der Waals surface area contributed by atoms with Crippen molar-refractivity contribution in [2.45, 2.75) is 19.1 Å². The van der Waals surface area contributed by atoms with Gasteiger partial charge < -0.3 is 9.83 Å². The number of phenolic OH excluding ortho intramolecular Hbond substituents is 1. The zero-order valence-corrected chi connectivity index (χ0v) is 9.52. The lowest BCUT2D eigenvalue weighted by Crippen LogP contribution is -2.14. The molecule has 5 heteroatoms. The van der Waals surface area contributed by atoms with Gasteiger partial charge in [-0.2, -0.15) is 0 Å². The number of hydrogen-bond acceptors (Lipinski definition) is 2. The van der Waals surface area contributed by atoms with E-state index >= 15 is 0 Å². The molecule has 0 radical (unpaired) electrons. The van der Waals surface area contributed by atoms with E-state index in [1.807, 2.05) is 13.8 Å². The van der Waals surface area contributed by atoms with Crippen LogP contribution in [-0.2, 0) is 11.0 Å². The first-order valence-corrected chi connectivity index (χ1v) is 5.76. The van der Waals surface area contributed by atoms with E-state index in [1.165, 1.54) is 0 Å². The van der Waals surface area contributed by atoms with Gasteiger partial charge in [0.1, 0.15) is 11.0 Å². The largest absolute Gasteiger partial charge is 0.504 e. The summed E-state index contributed by atoms with van der Waals surface area (Å²) in [5.74, 6) is -0.0665. The molecule has 0 fully saturated rings. The number of halogens is 1. The predicted octanol–water partition coefficient (Wildman–Crippen LogP) is 2.53. The number of aromatic hydroxyl groups is 1. The third-order valence-corrected chi connectivity index (χ3v) is 3.21. The number of para-hydroxylation sites is 1. The van der Waals surface area contributed by atoms with E-state index in [4.69, 9.17) is 11.6 Å². The molecule has 0 saturated carbocycles. The van der Waals surface area contributed by atoms with Gasteiger partial charge in [-0.15, -0.1) is 0 Å². The van der Waals surface area contributed by atoms with Gasteiger partial charge in [0.15, 0.2) is 5.75 Å². The summed E-state index contributed by atoms with van der Waals surface area (Å²) in [6.07, 6.45) is 0. The van der Waals surface area contributed by atoms with Crippen LogP contribution in [0.15, 0.2) is 18.2 Å². The molecule has 0 amide bonds. The van der Waals surface area contributed by atoms with Crippen molar-refractivity contribution in [1.29, 1.82) is 0 Å². The van der Waals surface area contributed by atoms with Crippen molar-refractivity contribution in [3.05, 3.63) is 23.2 Å². The van der Waals surface area contributed by atoms with Crippen LogP contribution in [0.2, 0.25) is 5.02 Å². The number of anilines is 1. The molecule has 1 aromatic rings. The molecule has 2 N–H and O–H groups in total. The minimum Gasteiger partial charge on any atom is -0.504 e. The van der Waals surface area contributed by atoms with Crippen molar-refractivity contribution in [3.63, 3.8) is 0 Å². The van der Waals surface area contributed by atoms with Gasteiger partial charge in [-0.05, 0) is 26.0 Å². The zero-order chi connectivity index (χ0) is 10.7. The Morgan fingerprint density at radius 2 is 2.14 bits per heavy atom. The minimum atomic E-state index is -1.21. The Morgan fingerprint density at radius 1 is 1.50 bits per heavy atom. The average Bonchev–Trinajstić information content (AvgIpc) is 2.12. The van der Waals surface area contributed by atoms with Crippen LogP contribution in [0.25, 0.3) is 0 Å². The topological polar surface area (TPSA) is 49.3 Å². The molecule has 0 saturated heterocycles. The summed E-state index contributed by atoms with van der Waals surface area (Å²) in [6, 6.07) is 4.88. The first kappa shape index (κ1) is 11.3. The van der Waals surface area contributed by atoms with E-state index in [0.717, 1.165) is 0 Å². The van der Waals surface area contributed by atoms with Gasteiger partial charge >= 0.3 is 0 Å². The normalized spacial score (nSPS) is 12.9. The van der Waals surface area contributed by atoms with Crippen LogP contribution in [0.1, 0.15) is 13.8 Å². The van der Waals surface area contributed by atoms with Crippen LogP contribution in [0.4, 0.5) is 5.69 Å². The van der Waals surface area contributed by atoms with Crippen LogP contribution in [-0.4, -0.2) is 14.6 Å². The van der Waals surface area contributed by atoms with Gasteiger partial charge in [0.25, 0.3) is 0 Å². The van der Waals surface area contributed by atoms with Gasteiger partial charge in [-0.25, -0.2) is 4.21 Å². The molecule has 0 aliphatic rings. The summed E-state index contributed by atoms with van der Waals surface area (Å²) in [5.41, 5.74) is 0.393. The standard InChI is InChI=1S/C9H12ClNO2S/c1-6(2)14(13)11-8-5-3-4-7(10)9(8)12/h3-6,11-12H,1-2H3. The van der Waals surface area contributed by atoms with Gasteiger partial charge in [-0.1, -0.05) is 17.7 Å². The van der Waals surface area contributed by atoms with Crippen molar-refractivity contribution < 1.29 is 9.32 Å². The van der Waals surface area contributed by atoms with Gasteiger partial charge in [0, 0.05) is 5.25 Å². The quantitative estimate of drug-likeness (QED) is 0.789. The molecule has 0 aromatic heterocycles. The fraction of sp³-hybridized carbons (Fsp3) is 0.333. The maximum absolute atomic E-state index is 11.4. The molecule has 78 valence electrons. The van der Waals surface area contributed by atoms with Crippen molar-refractivity contribution in [2.75, 3.05) is 4.72 Å². The van der Waals surface area contributed by atoms with Crippen LogP contribution in [0.3, 0.4) is 0 Å². The number of nitrogens with one attached hydrogen (secondary N) is 1. The van der Waals surface area contributed by atoms with E-state index < -0.39 is 11.0 Å². The lowest BCUT2D eigenvalue weighted by Gasteiger charge is -2.10. The molecule has 0 aliphatic heterocycles. The molecule has 3 nitrogen and oxygen atoms in total. The van der Waals surface area contributed by atoms with E-state index in [9.17, 15) is 9.32 Å². The summed E-state index contributed by atoms with van der Waals surface area (Å²) in [6.45, 7) is 3.65. The van der Waals surface area contributed by atoms with Crippen molar-refractivity contribution >= 4 is 28.3 Å². The van der Waals surface area contributed by atoms with Crippen LogP contribution >= 0.6 is 11.6 Å². The predicted molar refractivity (Wildman–Crippen MR) is 60.0 cm³/mol. The molecule has 1 rings (SSSR count). The van der Waals surface area contributed by atoms with E-state index in [-0.39, 0.29) is 16.0 Å². The van der Waals surface area contributed by atoms with Crippen LogP contribution in [0.5, 0.6) is 5.75 Å². The summed E-state index contributed by atoms with van der Waals surface area (Å²) in [7, 11) is -1.21. The van der Waals surface area contributed by atoms with Crippen molar-refractivity contribution in [1.82, 2.24) is 0 Å². The fourth-order valence-electron chi connectivity index (χ4n) is 0.824. The number of rotatable bonds is 3. The molecule has 1 aromatic carbocycles. The average molecular weight is 234 g/mol. The van der Waals surface area contributed by atoms with Crippen molar-refractivity contribution in [2.24, 2.45) is 0 Å². The maximum atomic E-state index is 11.4. The number of hydrogen-bond donors (Lipinski definition) is 2. The zero-order valence-electron chi connectivity index (χ0n) is 7.95. The third kappa shape index (κ3) is 2.62. The Hall–Kier alpha value is -0.740. The molecule has 0 bridgehead atoms. The maximum Gasteiger partial charge on any atom is 0.158 e. The summed E-state index contributed by atoms with van der Waals surface area (Å²) in [4.78, 5) is 0. The molecular formula is C9H12ClNO2S. The van der Waals surface area contributed by atoms with Gasteiger partial charge in [0.2, 0.25) is 0 Å². The molecule has 1 atom stereocenters. The Balaban J connectivity index is 2.87. The fourth-order valence-corrected chi connectivity index (χ4v) is 1.62. The Bertz CT molecular complexity index is 355. The Morgan fingerprint density at radius 3 is 2.71 bits per heavy atom. The first-order chi connectivity index (χ1) is 6.52. The first-order valence-electron chi connectivity index (χ1n) is 4.17. The third-order valence-electron chi connectivity index (χ3n) is 1.63. The number of phenols is 1. The minimum absolute atomic E-state index is 0.0200. The number of benzene rings is 1. The lowest BCUT2D eigenvalue weighted by atomic mass is 10.3. The highest BCUT2D eigenvalue weighted by atomic mass is 35.5. The molecule has 0 aliphatic carbocycles. The Labute approximate surface area is 90.7 Å². The van der Waals surface area contributed by atoms with Crippen LogP contribution in [0, 0.1) is 0 Å². The highest BCUT2D eigenvalue weighted by molar-refractivity contribution is 7.86. The summed E-state index contributed by atoms with van der Waals surface area (Å²) < 4.78 is 14.1. The highest BCUT2D eigenvalue weighted by Crippen LogP contribution is 2.31. The van der Waals surface area contributed by atoms with Crippen molar-refractivity contribution in [3.8, 4) is 5.75 Å². The lowest BCUT2D eigenvalue weighted by molar-refractivity contribution is 0.478. The molecule has 0 heterocycles. The monoisotopic (exact) mass is 233 g/mol. The molecular weight excluding hydrogens is 222 g/mol. The summed E-state index contributed by atoms with van der Waals surface area (Å²) >= 11 is 5.69. The second-order valence-electron chi connectivity index (χ2n) is 3.08. The summed E-state index contributed by atoms with van der Waals surface area (Å²) in [5, 5.41) is 9.73. The van der Waals surface area contributed by atoms with Gasteiger partial charge in [-0.3, -0.25) is 0 Å².